The van der Waals surface area contributed by atoms with Crippen molar-refractivity contribution in [1.82, 2.24) is 29.7 Å². The van der Waals surface area contributed by atoms with Crippen molar-refractivity contribution < 1.29 is 9.59 Å². The van der Waals surface area contributed by atoms with Crippen LogP contribution in [0.4, 0.5) is 0 Å². The van der Waals surface area contributed by atoms with Gasteiger partial charge in [0.15, 0.2) is 0 Å². The highest BCUT2D eigenvalue weighted by Crippen LogP contribution is 2.51. The third-order valence-electron chi connectivity index (χ3n) is 11.5. The van der Waals surface area contributed by atoms with E-state index in [9.17, 15) is 9.59 Å². The maximum absolute atomic E-state index is 13.9. The number of hydrogen-bond acceptors (Lipinski definition) is 5. The van der Waals surface area contributed by atoms with Gasteiger partial charge in [-0.2, -0.15) is 0 Å². The Balaban J connectivity index is 0.831. The molecule has 4 N–H and O–H groups in total. The van der Waals surface area contributed by atoms with Crippen LogP contribution < -0.4 is 5.73 Å². The summed E-state index contributed by atoms with van der Waals surface area (Å²) in [5.41, 5.74) is 13.6. The van der Waals surface area contributed by atoms with Gasteiger partial charge in [-0.25, -0.2) is 9.97 Å². The molecule has 2 aliphatic heterocycles. The molecule has 274 valence electrons. The number of carbonyl (C=O) groups is 2. The van der Waals surface area contributed by atoms with Gasteiger partial charge in [0.05, 0.1) is 41.3 Å². The van der Waals surface area contributed by atoms with Crippen LogP contribution in [0.3, 0.4) is 0 Å². The average Bonchev–Trinajstić information content (AvgIpc) is 3.77. The van der Waals surface area contributed by atoms with E-state index < -0.39 is 6.04 Å². The molecule has 4 aromatic carbocycles. The summed E-state index contributed by atoms with van der Waals surface area (Å²) in [6.07, 6.45) is 9.16. The first-order chi connectivity index (χ1) is 27.0. The van der Waals surface area contributed by atoms with E-state index in [1.54, 1.807) is 0 Å². The minimum Gasteiger partial charge on any atom is -0.340 e. The Morgan fingerprint density at radius 2 is 1.16 bits per heavy atom. The molecule has 3 atom stereocenters. The van der Waals surface area contributed by atoms with Gasteiger partial charge in [-0.15, -0.1) is 0 Å². The number of aromatic nitrogens is 4. The Kier molecular flexibility index (Phi) is 9.12. The fourth-order valence-corrected chi connectivity index (χ4v) is 8.29. The Hall–Kier alpha value is -6.24. The Bertz CT molecular complexity index is 2370. The molecule has 0 unspecified atom stereocenters. The Morgan fingerprint density at radius 1 is 0.673 bits per heavy atom. The highest BCUT2D eigenvalue weighted by atomic mass is 16.2. The number of benzene rings is 4. The largest absolute Gasteiger partial charge is 0.340 e. The number of nitrogens with two attached hydrogens (primary N) is 1. The summed E-state index contributed by atoms with van der Waals surface area (Å²) in [7, 11) is 0. The summed E-state index contributed by atoms with van der Waals surface area (Å²) in [6.45, 7) is 1.43. The fourth-order valence-electron chi connectivity index (χ4n) is 8.29. The number of nitrogens with zero attached hydrogens (tertiary/aromatic N) is 4. The van der Waals surface area contributed by atoms with Crippen molar-refractivity contribution in [2.24, 2.45) is 5.73 Å². The average molecular weight is 726 g/mol. The zero-order valence-corrected chi connectivity index (χ0v) is 30.6. The van der Waals surface area contributed by atoms with E-state index in [1.807, 2.05) is 102 Å². The van der Waals surface area contributed by atoms with Gasteiger partial charge in [-0.1, -0.05) is 96.8 Å². The maximum atomic E-state index is 13.9. The molecule has 2 saturated heterocycles. The molecule has 6 aromatic rings. The lowest BCUT2D eigenvalue weighted by Crippen LogP contribution is -2.39. The topological polar surface area (TPSA) is 124 Å². The molecule has 1 aliphatic carbocycles. The lowest BCUT2D eigenvalue weighted by molar-refractivity contribution is -0.135. The van der Waals surface area contributed by atoms with Crippen LogP contribution in [-0.4, -0.2) is 54.6 Å². The molecule has 3 fully saturated rings. The predicted molar refractivity (Wildman–Crippen MR) is 212 cm³/mol. The summed E-state index contributed by atoms with van der Waals surface area (Å²) in [5, 5.41) is 0. The van der Waals surface area contributed by atoms with Crippen LogP contribution in [0, 0.1) is 11.8 Å². The van der Waals surface area contributed by atoms with E-state index in [1.165, 1.54) is 0 Å². The standard InChI is InChI=1S/C46H43N7O2/c47-41(35-9-3-1-4-10-35)44(54)52-27-7-13-39(52)42-48-29-37(50-42)33-21-17-31(18-22-33)15-16-32-19-23-34(24-20-32)38-30-49-43(51-38)40-14-8-28-53(40)45(55)46(25-26-46)36-11-5-2-6-12-36/h1-6,9-12,17-24,29-30,39-41H,7-8,13-14,25-28,47H2,(H,48,50)(H,49,51)/t39-,40-,41+/m0/s1. The van der Waals surface area contributed by atoms with Gasteiger partial charge in [0.2, 0.25) is 11.8 Å². The van der Waals surface area contributed by atoms with Crippen LogP contribution in [0.15, 0.2) is 122 Å². The number of amides is 2. The monoisotopic (exact) mass is 725 g/mol. The third kappa shape index (κ3) is 6.75. The number of H-pyrrole nitrogens is 2. The van der Waals surface area contributed by atoms with Gasteiger partial charge in [0.25, 0.3) is 0 Å². The quantitative estimate of drug-likeness (QED) is 0.139. The molecule has 2 aromatic heterocycles. The molecule has 0 bridgehead atoms. The van der Waals surface area contributed by atoms with Crippen molar-refractivity contribution in [3.8, 4) is 34.4 Å². The van der Waals surface area contributed by atoms with Crippen LogP contribution in [-0.2, 0) is 15.0 Å². The van der Waals surface area contributed by atoms with E-state index in [0.29, 0.717) is 6.54 Å². The van der Waals surface area contributed by atoms with Crippen molar-refractivity contribution in [3.05, 3.63) is 155 Å². The minimum absolute atomic E-state index is 0.0350. The van der Waals surface area contributed by atoms with E-state index in [2.05, 4.69) is 56.0 Å². The van der Waals surface area contributed by atoms with E-state index in [0.717, 1.165) is 101 Å². The van der Waals surface area contributed by atoms with Gasteiger partial charge in [0.1, 0.15) is 17.7 Å². The fraction of sp³-hybridized carbons (Fsp3) is 0.261. The number of likely N-dealkylation sites (tertiary alicyclic amines) is 2. The second-order valence-corrected chi connectivity index (χ2v) is 15.0. The SMILES string of the molecule is N[C@@H](C(=O)N1CCC[C@H]1c1ncc(-c2ccc(C#Cc3ccc(-c4cnc([C@@H]5CCCN5C(=O)C5(c6ccccc6)CC5)[nH]4)cc3)cc2)[nH]1)c1ccccc1. The lowest BCUT2D eigenvalue weighted by Gasteiger charge is -2.28. The van der Waals surface area contributed by atoms with Crippen molar-refractivity contribution in [2.75, 3.05) is 13.1 Å². The summed E-state index contributed by atoms with van der Waals surface area (Å²) in [4.78, 5) is 47.6. The number of imidazole rings is 2. The molecule has 0 spiro atoms. The number of rotatable bonds is 8. The smallest absolute Gasteiger partial charge is 0.244 e. The first kappa shape index (κ1) is 34.5. The van der Waals surface area contributed by atoms with Crippen LogP contribution >= 0.6 is 0 Å². The molecule has 3 aliphatic rings. The Labute approximate surface area is 321 Å². The van der Waals surface area contributed by atoms with Crippen molar-refractivity contribution >= 4 is 11.8 Å². The van der Waals surface area contributed by atoms with Gasteiger partial charge in [0, 0.05) is 24.2 Å². The second-order valence-electron chi connectivity index (χ2n) is 15.0. The van der Waals surface area contributed by atoms with Gasteiger partial charge < -0.3 is 25.5 Å². The van der Waals surface area contributed by atoms with E-state index in [-0.39, 0.29) is 29.3 Å². The summed E-state index contributed by atoms with van der Waals surface area (Å²) < 4.78 is 0. The molecular formula is C46H43N7O2. The molecule has 1 saturated carbocycles. The summed E-state index contributed by atoms with van der Waals surface area (Å²) in [5.74, 6) is 8.36. The first-order valence-electron chi connectivity index (χ1n) is 19.3. The Morgan fingerprint density at radius 3 is 1.69 bits per heavy atom. The molecule has 0 radical (unpaired) electrons. The van der Waals surface area contributed by atoms with Crippen molar-refractivity contribution in [3.63, 3.8) is 0 Å². The number of aromatic amines is 2. The molecule has 9 nitrogen and oxygen atoms in total. The predicted octanol–water partition coefficient (Wildman–Crippen LogP) is 7.63. The highest BCUT2D eigenvalue weighted by molar-refractivity contribution is 5.92. The van der Waals surface area contributed by atoms with Crippen LogP contribution in [0.2, 0.25) is 0 Å². The molecule has 9 heteroatoms. The lowest BCUT2D eigenvalue weighted by atomic mass is 9.94. The van der Waals surface area contributed by atoms with Gasteiger partial charge in [-0.3, -0.25) is 9.59 Å². The van der Waals surface area contributed by atoms with Crippen molar-refractivity contribution in [2.45, 2.75) is 62.1 Å². The van der Waals surface area contributed by atoms with Crippen LogP contribution in [0.25, 0.3) is 22.5 Å². The normalized spacial score (nSPS) is 19.1. The summed E-state index contributed by atoms with van der Waals surface area (Å²) >= 11 is 0. The highest BCUT2D eigenvalue weighted by Gasteiger charge is 2.54. The molecule has 4 heterocycles. The first-order valence-corrected chi connectivity index (χ1v) is 19.3. The van der Waals surface area contributed by atoms with E-state index >= 15 is 0 Å². The zero-order chi connectivity index (χ0) is 37.4. The number of hydrogen-bond donors (Lipinski definition) is 3. The second kappa shape index (κ2) is 14.5. The molecule has 2 amide bonds. The summed E-state index contributed by atoms with van der Waals surface area (Å²) in [6, 6.07) is 35.1. The zero-order valence-electron chi connectivity index (χ0n) is 30.6. The van der Waals surface area contributed by atoms with Gasteiger partial charge >= 0.3 is 0 Å². The van der Waals surface area contributed by atoms with Crippen molar-refractivity contribution in [1.29, 1.82) is 0 Å². The van der Waals surface area contributed by atoms with Gasteiger partial charge in [-0.05, 0) is 85.0 Å². The molecular weight excluding hydrogens is 683 g/mol. The number of nitrogens with one attached hydrogen (secondary N) is 2. The maximum Gasteiger partial charge on any atom is 0.244 e. The van der Waals surface area contributed by atoms with Crippen LogP contribution in [0.5, 0.6) is 0 Å². The molecule has 55 heavy (non-hydrogen) atoms. The van der Waals surface area contributed by atoms with E-state index in [4.69, 9.17) is 10.7 Å². The molecule has 9 rings (SSSR count). The van der Waals surface area contributed by atoms with Crippen LogP contribution in [0.1, 0.15) is 90.6 Å². The minimum atomic E-state index is -0.694. The number of carbonyl (C=O) groups excluding carboxylic acids is 2. The third-order valence-corrected chi connectivity index (χ3v) is 11.5.